The van der Waals surface area contributed by atoms with Crippen molar-refractivity contribution in [2.24, 2.45) is 7.05 Å². The van der Waals surface area contributed by atoms with Crippen molar-refractivity contribution in [2.75, 3.05) is 18.2 Å². The van der Waals surface area contributed by atoms with Crippen LogP contribution in [0.25, 0.3) is 11.4 Å². The molecule has 0 saturated carbocycles. The van der Waals surface area contributed by atoms with Gasteiger partial charge in [-0.25, -0.2) is 0 Å². The predicted octanol–water partition coefficient (Wildman–Crippen LogP) is 3.78. The highest BCUT2D eigenvalue weighted by molar-refractivity contribution is 7.99. The van der Waals surface area contributed by atoms with Crippen molar-refractivity contribution in [3.05, 3.63) is 54.1 Å². The number of nitrogens with one attached hydrogen (secondary N) is 1. The van der Waals surface area contributed by atoms with Gasteiger partial charge in [0.2, 0.25) is 5.91 Å². The van der Waals surface area contributed by atoms with E-state index >= 15 is 0 Å². The highest BCUT2D eigenvalue weighted by atomic mass is 32.2. The second kappa shape index (κ2) is 8.73. The number of aromatic nitrogens is 3. The molecule has 0 bridgehead atoms. The normalized spacial score (nSPS) is 10.6. The van der Waals surface area contributed by atoms with Crippen LogP contribution in [-0.4, -0.2) is 33.5 Å². The molecular weight excluding hydrogens is 360 g/mol. The van der Waals surface area contributed by atoms with Gasteiger partial charge in [-0.05, 0) is 36.2 Å². The Kier molecular flexibility index (Phi) is 6.13. The van der Waals surface area contributed by atoms with E-state index in [1.165, 1.54) is 17.3 Å². The number of anilines is 1. The SMILES string of the molecule is CCc1cccc(NC(=O)CSc2nnc(-c3ccccc3OC)n2C)c1. The summed E-state index contributed by atoms with van der Waals surface area (Å²) in [6.45, 7) is 2.09. The quantitative estimate of drug-likeness (QED) is 0.630. The number of hydrogen-bond acceptors (Lipinski definition) is 5. The fraction of sp³-hybridized carbons (Fsp3) is 0.250. The minimum Gasteiger partial charge on any atom is -0.496 e. The van der Waals surface area contributed by atoms with Crippen LogP contribution in [0.1, 0.15) is 12.5 Å². The zero-order chi connectivity index (χ0) is 19.2. The zero-order valence-corrected chi connectivity index (χ0v) is 16.4. The molecule has 2 aromatic carbocycles. The van der Waals surface area contributed by atoms with Crippen molar-refractivity contribution >= 4 is 23.4 Å². The van der Waals surface area contributed by atoms with Crippen molar-refractivity contribution in [3.63, 3.8) is 0 Å². The van der Waals surface area contributed by atoms with E-state index in [0.717, 1.165) is 23.4 Å². The van der Waals surface area contributed by atoms with Gasteiger partial charge in [-0.1, -0.05) is 43.0 Å². The van der Waals surface area contributed by atoms with E-state index < -0.39 is 0 Å². The molecule has 140 valence electrons. The van der Waals surface area contributed by atoms with E-state index in [0.29, 0.717) is 11.0 Å². The number of ether oxygens (including phenoxy) is 1. The van der Waals surface area contributed by atoms with Crippen LogP contribution in [0, 0.1) is 0 Å². The van der Waals surface area contributed by atoms with Crippen molar-refractivity contribution in [1.82, 2.24) is 14.8 Å². The van der Waals surface area contributed by atoms with Crippen molar-refractivity contribution in [2.45, 2.75) is 18.5 Å². The molecule has 1 amide bonds. The molecular formula is C20H22N4O2S. The topological polar surface area (TPSA) is 69.0 Å². The Morgan fingerprint density at radius 3 is 2.78 bits per heavy atom. The summed E-state index contributed by atoms with van der Waals surface area (Å²) < 4.78 is 7.26. The largest absolute Gasteiger partial charge is 0.496 e. The maximum Gasteiger partial charge on any atom is 0.234 e. The fourth-order valence-corrected chi connectivity index (χ4v) is 3.41. The Morgan fingerprint density at radius 2 is 2.00 bits per heavy atom. The fourth-order valence-electron chi connectivity index (χ4n) is 2.70. The Bertz CT molecular complexity index is 939. The van der Waals surface area contributed by atoms with Crippen LogP contribution in [0.5, 0.6) is 5.75 Å². The smallest absolute Gasteiger partial charge is 0.234 e. The number of nitrogens with zero attached hydrogens (tertiary/aromatic N) is 3. The average Bonchev–Trinajstić information content (AvgIpc) is 3.06. The molecule has 27 heavy (non-hydrogen) atoms. The third kappa shape index (κ3) is 4.49. The lowest BCUT2D eigenvalue weighted by Gasteiger charge is -2.08. The second-order valence-electron chi connectivity index (χ2n) is 5.96. The number of thioether (sulfide) groups is 1. The van der Waals surface area contributed by atoms with E-state index in [1.54, 1.807) is 7.11 Å². The molecule has 1 heterocycles. The highest BCUT2D eigenvalue weighted by Crippen LogP contribution is 2.30. The van der Waals surface area contributed by atoms with E-state index in [2.05, 4.69) is 22.4 Å². The molecule has 7 heteroatoms. The van der Waals surface area contributed by atoms with Crippen LogP contribution in [0.3, 0.4) is 0 Å². The summed E-state index contributed by atoms with van der Waals surface area (Å²) in [6, 6.07) is 15.5. The number of hydrogen-bond donors (Lipinski definition) is 1. The van der Waals surface area contributed by atoms with Crippen LogP contribution < -0.4 is 10.1 Å². The Balaban J connectivity index is 1.66. The first-order chi connectivity index (χ1) is 13.1. The van der Waals surface area contributed by atoms with E-state index in [1.807, 2.05) is 60.1 Å². The molecule has 0 unspecified atom stereocenters. The molecule has 0 spiro atoms. The van der Waals surface area contributed by atoms with E-state index in [-0.39, 0.29) is 11.7 Å². The number of carbonyl (C=O) groups is 1. The summed E-state index contributed by atoms with van der Waals surface area (Å²) in [7, 11) is 3.51. The number of methoxy groups -OCH3 is 1. The van der Waals surface area contributed by atoms with E-state index in [4.69, 9.17) is 4.74 Å². The summed E-state index contributed by atoms with van der Waals surface area (Å²) in [6.07, 6.45) is 0.934. The lowest BCUT2D eigenvalue weighted by molar-refractivity contribution is -0.113. The van der Waals surface area contributed by atoms with Gasteiger partial charge in [0.05, 0.1) is 18.4 Å². The average molecular weight is 382 g/mol. The van der Waals surface area contributed by atoms with Gasteiger partial charge in [0, 0.05) is 12.7 Å². The maximum atomic E-state index is 12.3. The predicted molar refractivity (Wildman–Crippen MR) is 108 cm³/mol. The van der Waals surface area contributed by atoms with Gasteiger partial charge in [0.25, 0.3) is 0 Å². The van der Waals surface area contributed by atoms with Gasteiger partial charge in [-0.2, -0.15) is 0 Å². The van der Waals surface area contributed by atoms with Crippen LogP contribution in [-0.2, 0) is 18.3 Å². The number of aryl methyl sites for hydroxylation is 1. The lowest BCUT2D eigenvalue weighted by atomic mass is 10.1. The minimum atomic E-state index is -0.0740. The standard InChI is InChI=1S/C20H22N4O2S/c1-4-14-8-7-9-15(12-14)21-18(25)13-27-20-23-22-19(24(20)2)16-10-5-6-11-17(16)26-3/h5-12H,4,13H2,1-3H3,(H,21,25). The molecule has 0 radical (unpaired) electrons. The maximum absolute atomic E-state index is 12.3. The van der Waals surface area contributed by atoms with Gasteiger partial charge in [-0.15, -0.1) is 10.2 Å². The summed E-state index contributed by atoms with van der Waals surface area (Å²) >= 11 is 1.35. The molecule has 0 fully saturated rings. The number of rotatable bonds is 7. The Hall–Kier alpha value is -2.80. The summed E-state index contributed by atoms with van der Waals surface area (Å²) in [5.41, 5.74) is 2.87. The Morgan fingerprint density at radius 1 is 1.19 bits per heavy atom. The third-order valence-corrected chi connectivity index (χ3v) is 5.15. The highest BCUT2D eigenvalue weighted by Gasteiger charge is 2.15. The molecule has 0 aliphatic heterocycles. The van der Waals surface area contributed by atoms with Gasteiger partial charge in [0.1, 0.15) is 5.75 Å². The van der Waals surface area contributed by atoms with Gasteiger partial charge >= 0.3 is 0 Å². The molecule has 6 nitrogen and oxygen atoms in total. The van der Waals surface area contributed by atoms with Crippen LogP contribution in [0.4, 0.5) is 5.69 Å². The van der Waals surface area contributed by atoms with Crippen LogP contribution >= 0.6 is 11.8 Å². The molecule has 0 saturated heterocycles. The molecule has 0 aliphatic carbocycles. The van der Waals surface area contributed by atoms with Gasteiger partial charge in [0.15, 0.2) is 11.0 Å². The van der Waals surface area contributed by atoms with Gasteiger partial charge < -0.3 is 14.6 Å². The van der Waals surface area contributed by atoms with Crippen molar-refractivity contribution < 1.29 is 9.53 Å². The van der Waals surface area contributed by atoms with Crippen LogP contribution in [0.2, 0.25) is 0 Å². The number of amides is 1. The Labute approximate surface area is 163 Å². The summed E-state index contributed by atoms with van der Waals surface area (Å²) in [4.78, 5) is 12.3. The number of carbonyl (C=O) groups excluding carboxylic acids is 1. The van der Waals surface area contributed by atoms with Crippen LogP contribution in [0.15, 0.2) is 53.7 Å². The molecule has 0 aliphatic rings. The molecule has 3 rings (SSSR count). The molecule has 1 N–H and O–H groups in total. The third-order valence-electron chi connectivity index (χ3n) is 4.13. The first kappa shape index (κ1) is 19.0. The summed E-state index contributed by atoms with van der Waals surface area (Å²) in [5.74, 6) is 1.62. The zero-order valence-electron chi connectivity index (χ0n) is 15.6. The molecule has 0 atom stereocenters. The summed E-state index contributed by atoms with van der Waals surface area (Å²) in [5, 5.41) is 12.1. The van der Waals surface area contributed by atoms with E-state index in [9.17, 15) is 4.79 Å². The molecule has 1 aromatic heterocycles. The number of para-hydroxylation sites is 1. The lowest BCUT2D eigenvalue weighted by Crippen LogP contribution is -2.14. The second-order valence-corrected chi connectivity index (χ2v) is 6.90. The van der Waals surface area contributed by atoms with Gasteiger partial charge in [-0.3, -0.25) is 4.79 Å². The van der Waals surface area contributed by atoms with Crippen molar-refractivity contribution in [3.8, 4) is 17.1 Å². The molecule has 3 aromatic rings. The monoisotopic (exact) mass is 382 g/mol. The number of benzene rings is 2. The minimum absolute atomic E-state index is 0.0740. The first-order valence-electron chi connectivity index (χ1n) is 8.66. The van der Waals surface area contributed by atoms with Crippen molar-refractivity contribution in [1.29, 1.82) is 0 Å². The first-order valence-corrected chi connectivity index (χ1v) is 9.65.